The number of nitrogens with one attached hydrogen (secondary N) is 1. The lowest BCUT2D eigenvalue weighted by molar-refractivity contribution is 0.0702. The van der Waals surface area contributed by atoms with Gasteiger partial charge in [0.25, 0.3) is 0 Å². The molecule has 7 heteroatoms. The number of rotatable bonds is 4. The monoisotopic (exact) mass is 419 g/mol. The van der Waals surface area contributed by atoms with Crippen molar-refractivity contribution in [2.75, 3.05) is 0 Å². The summed E-state index contributed by atoms with van der Waals surface area (Å²) in [7, 11) is 0. The highest BCUT2D eigenvalue weighted by atomic mass is 32.1. The first-order chi connectivity index (χ1) is 14.4. The molecule has 0 aliphatic carbocycles. The molecule has 5 aromatic rings. The molecule has 0 amide bonds. The zero-order valence-corrected chi connectivity index (χ0v) is 17.1. The summed E-state index contributed by atoms with van der Waals surface area (Å²) in [6.07, 6.45) is 1.78. The van der Waals surface area contributed by atoms with Crippen LogP contribution < -0.4 is 0 Å². The van der Waals surface area contributed by atoms with Gasteiger partial charge in [0.05, 0.1) is 17.2 Å². The molecule has 0 unspecified atom stereocenters. The van der Waals surface area contributed by atoms with Gasteiger partial charge in [-0.1, -0.05) is 13.8 Å². The minimum Gasteiger partial charge on any atom is -0.477 e. The molecule has 150 valence electrons. The molecule has 2 N–H and O–H groups in total. The fourth-order valence-electron chi connectivity index (χ4n) is 4.01. The maximum atomic E-state index is 13.6. The molecule has 0 radical (unpaired) electrons. The van der Waals surface area contributed by atoms with Gasteiger partial charge in [0.1, 0.15) is 10.7 Å². The molecule has 3 aromatic heterocycles. The molecule has 5 nitrogen and oxygen atoms in total. The highest BCUT2D eigenvalue weighted by molar-refractivity contribution is 7.17. The Balaban J connectivity index is 1.92. The van der Waals surface area contributed by atoms with Gasteiger partial charge >= 0.3 is 5.97 Å². The Hall–Kier alpha value is -3.45. The molecular weight excluding hydrogens is 401 g/mol. The van der Waals surface area contributed by atoms with Gasteiger partial charge in [0, 0.05) is 32.6 Å². The van der Waals surface area contributed by atoms with E-state index in [1.807, 2.05) is 6.07 Å². The maximum absolute atomic E-state index is 13.6. The van der Waals surface area contributed by atoms with Gasteiger partial charge < -0.3 is 9.67 Å². The van der Waals surface area contributed by atoms with Crippen molar-refractivity contribution < 1.29 is 14.3 Å². The minimum atomic E-state index is -0.935. The first kappa shape index (κ1) is 18.6. The molecule has 0 saturated heterocycles. The number of hydrogen-bond donors (Lipinski definition) is 2. The summed E-state index contributed by atoms with van der Waals surface area (Å²) in [4.78, 5) is 12.7. The predicted octanol–water partition coefficient (Wildman–Crippen LogP) is 6.20. The Labute approximate surface area is 175 Å². The molecule has 0 aliphatic heterocycles. The lowest BCUT2D eigenvalue weighted by Crippen LogP contribution is -2.03. The van der Waals surface area contributed by atoms with E-state index in [-0.39, 0.29) is 11.7 Å². The number of H-pyrrole nitrogens is 1. The van der Waals surface area contributed by atoms with E-state index in [2.05, 4.69) is 40.7 Å². The van der Waals surface area contributed by atoms with Gasteiger partial charge in [-0.05, 0) is 54.4 Å². The second-order valence-electron chi connectivity index (χ2n) is 7.52. The molecule has 0 saturated carbocycles. The first-order valence-corrected chi connectivity index (χ1v) is 10.4. The molecule has 5 rings (SSSR count). The van der Waals surface area contributed by atoms with Crippen LogP contribution in [0.4, 0.5) is 4.39 Å². The molecule has 30 heavy (non-hydrogen) atoms. The number of nitrogens with zero attached hydrogens (tertiary/aromatic N) is 2. The number of carbonyl (C=O) groups is 1. The number of aromatic nitrogens is 3. The number of halogens is 1. The van der Waals surface area contributed by atoms with Gasteiger partial charge in [-0.3, -0.25) is 5.10 Å². The van der Waals surface area contributed by atoms with Gasteiger partial charge in [-0.25, -0.2) is 9.18 Å². The van der Waals surface area contributed by atoms with Crippen LogP contribution in [-0.2, 0) is 0 Å². The standard InChI is InChI=1S/C23H18FN3O2S/c1-12(2)22-21(19-7-8-20(30-19)23(28)29)16-10-17-13(11-25-26-17)9-18(16)27(22)15-5-3-14(24)4-6-15/h3-12H,1-2H3,(H,25,26)(H,28,29). The molecule has 0 fully saturated rings. The van der Waals surface area contributed by atoms with Gasteiger partial charge in [0.15, 0.2) is 0 Å². The summed E-state index contributed by atoms with van der Waals surface area (Å²) in [5, 5.41) is 18.6. The fourth-order valence-corrected chi connectivity index (χ4v) is 4.92. The summed E-state index contributed by atoms with van der Waals surface area (Å²) in [6.45, 7) is 4.22. The van der Waals surface area contributed by atoms with E-state index in [0.717, 1.165) is 43.6 Å². The van der Waals surface area contributed by atoms with Crippen molar-refractivity contribution in [2.24, 2.45) is 0 Å². The van der Waals surface area contributed by atoms with Crippen LogP contribution in [-0.4, -0.2) is 25.8 Å². The fraction of sp³-hybridized carbons (Fsp3) is 0.130. The number of fused-ring (bicyclic) bond motifs is 2. The molecular formula is C23H18FN3O2S. The van der Waals surface area contributed by atoms with Gasteiger partial charge in [-0.15, -0.1) is 11.3 Å². The third kappa shape index (κ3) is 2.81. The van der Waals surface area contributed by atoms with Crippen molar-refractivity contribution in [3.8, 4) is 16.1 Å². The molecule has 0 aliphatic rings. The number of carboxylic acid groups (broad SMARTS) is 1. The predicted molar refractivity (Wildman–Crippen MR) is 117 cm³/mol. The Morgan fingerprint density at radius 1 is 1.17 bits per heavy atom. The Bertz CT molecular complexity index is 1410. The SMILES string of the molecule is CC(C)c1c(-c2ccc(C(=O)O)s2)c2cc3[nH]ncc3cc2n1-c1ccc(F)cc1. The van der Waals surface area contributed by atoms with E-state index in [9.17, 15) is 14.3 Å². The lowest BCUT2D eigenvalue weighted by Gasteiger charge is -2.15. The van der Waals surface area contributed by atoms with E-state index in [4.69, 9.17) is 0 Å². The van der Waals surface area contributed by atoms with E-state index >= 15 is 0 Å². The van der Waals surface area contributed by atoms with Crippen molar-refractivity contribution in [3.05, 3.63) is 71.1 Å². The van der Waals surface area contributed by atoms with Crippen molar-refractivity contribution in [1.82, 2.24) is 14.8 Å². The molecule has 0 spiro atoms. The number of aromatic amines is 1. The summed E-state index contributed by atoms with van der Waals surface area (Å²) in [6, 6.07) is 14.1. The van der Waals surface area contributed by atoms with Crippen molar-refractivity contribution in [3.63, 3.8) is 0 Å². The summed E-state index contributed by atoms with van der Waals surface area (Å²) >= 11 is 1.26. The van der Waals surface area contributed by atoms with Crippen molar-refractivity contribution >= 4 is 39.1 Å². The Morgan fingerprint density at radius 2 is 1.93 bits per heavy atom. The summed E-state index contributed by atoms with van der Waals surface area (Å²) in [5.41, 5.74) is 4.79. The summed E-state index contributed by atoms with van der Waals surface area (Å²) < 4.78 is 15.8. The quantitative estimate of drug-likeness (QED) is 0.364. The Kier molecular flexibility index (Phi) is 4.22. The average molecular weight is 419 g/mol. The van der Waals surface area contributed by atoms with Crippen LogP contribution in [0.25, 0.3) is 37.9 Å². The first-order valence-electron chi connectivity index (χ1n) is 9.55. The molecule has 3 heterocycles. The summed E-state index contributed by atoms with van der Waals surface area (Å²) in [5.74, 6) is -1.08. The minimum absolute atomic E-state index is 0.143. The van der Waals surface area contributed by atoms with Crippen molar-refractivity contribution in [1.29, 1.82) is 0 Å². The van der Waals surface area contributed by atoms with Crippen molar-refractivity contribution in [2.45, 2.75) is 19.8 Å². The van der Waals surface area contributed by atoms with Crippen LogP contribution in [0.2, 0.25) is 0 Å². The maximum Gasteiger partial charge on any atom is 0.345 e. The molecule has 2 aromatic carbocycles. The van der Waals surface area contributed by atoms with E-state index in [1.54, 1.807) is 24.4 Å². The number of thiophene rings is 1. The van der Waals surface area contributed by atoms with Gasteiger partial charge in [-0.2, -0.15) is 5.10 Å². The highest BCUT2D eigenvalue weighted by Crippen LogP contribution is 2.44. The van der Waals surface area contributed by atoms with Gasteiger partial charge in [0.2, 0.25) is 0 Å². The zero-order valence-electron chi connectivity index (χ0n) is 16.3. The highest BCUT2D eigenvalue weighted by Gasteiger charge is 2.24. The van der Waals surface area contributed by atoms with Crippen LogP contribution >= 0.6 is 11.3 Å². The third-order valence-electron chi connectivity index (χ3n) is 5.26. The van der Waals surface area contributed by atoms with E-state index in [1.165, 1.54) is 23.5 Å². The number of carboxylic acids is 1. The third-order valence-corrected chi connectivity index (χ3v) is 6.35. The van der Waals surface area contributed by atoms with Crippen LogP contribution in [0.3, 0.4) is 0 Å². The lowest BCUT2D eigenvalue weighted by atomic mass is 10.0. The number of aromatic carboxylic acids is 1. The van der Waals surface area contributed by atoms with Crippen LogP contribution in [0.5, 0.6) is 0 Å². The second-order valence-corrected chi connectivity index (χ2v) is 8.61. The largest absolute Gasteiger partial charge is 0.477 e. The van der Waals surface area contributed by atoms with E-state index < -0.39 is 5.97 Å². The zero-order chi connectivity index (χ0) is 21.0. The van der Waals surface area contributed by atoms with Crippen LogP contribution in [0.15, 0.2) is 54.7 Å². The normalized spacial score (nSPS) is 11.7. The topological polar surface area (TPSA) is 70.9 Å². The molecule has 0 bridgehead atoms. The van der Waals surface area contributed by atoms with E-state index in [0.29, 0.717) is 4.88 Å². The van der Waals surface area contributed by atoms with Crippen LogP contribution in [0, 0.1) is 5.82 Å². The number of hydrogen-bond acceptors (Lipinski definition) is 3. The smallest absolute Gasteiger partial charge is 0.345 e. The average Bonchev–Trinajstić information content (AvgIpc) is 3.43. The van der Waals surface area contributed by atoms with Crippen LogP contribution in [0.1, 0.15) is 35.1 Å². The second kappa shape index (κ2) is 6.81. The Morgan fingerprint density at radius 3 is 2.60 bits per heavy atom. The number of benzene rings is 2. The molecule has 0 atom stereocenters.